The van der Waals surface area contributed by atoms with E-state index >= 15 is 0 Å². The van der Waals surface area contributed by atoms with Gasteiger partial charge in [-0.2, -0.15) is 18.3 Å². The summed E-state index contributed by atoms with van der Waals surface area (Å²) in [5, 5.41) is 4.20. The number of Topliss-reactive ketones (excluding diaryl/α,β-unsaturated/α-hetero) is 1. The summed E-state index contributed by atoms with van der Waals surface area (Å²) in [7, 11) is 0. The van der Waals surface area contributed by atoms with Gasteiger partial charge in [0.15, 0.2) is 11.6 Å². The smallest absolute Gasteiger partial charge is 0.293 e. The summed E-state index contributed by atoms with van der Waals surface area (Å²) < 4.78 is 41.1. The van der Waals surface area contributed by atoms with Gasteiger partial charge in [0.05, 0.1) is 21.8 Å². The Morgan fingerprint density at radius 3 is 2.67 bits per heavy atom. The third-order valence-electron chi connectivity index (χ3n) is 4.23. The molecule has 0 aromatic carbocycles. The van der Waals surface area contributed by atoms with Crippen LogP contribution in [-0.4, -0.2) is 25.4 Å². The molecule has 1 atom stereocenters. The Morgan fingerprint density at radius 1 is 1.38 bits per heavy atom. The van der Waals surface area contributed by atoms with E-state index in [1.807, 2.05) is 13.8 Å². The van der Waals surface area contributed by atoms with Crippen LogP contribution in [0.2, 0.25) is 0 Å². The molecule has 0 spiro atoms. The molecule has 1 aliphatic rings. The first kappa shape index (κ1) is 17.1. The van der Waals surface area contributed by atoms with Gasteiger partial charge in [-0.1, -0.05) is 29.8 Å². The first-order valence-electron chi connectivity index (χ1n) is 7.33. The fraction of sp³-hybridized carbons (Fsp3) is 0.438. The van der Waals surface area contributed by atoms with Crippen LogP contribution in [0.4, 0.5) is 13.2 Å². The molecule has 0 amide bonds. The lowest BCUT2D eigenvalue weighted by Gasteiger charge is -2.34. The Balaban J connectivity index is 2.26. The fourth-order valence-corrected chi connectivity index (χ4v) is 3.41. The summed E-state index contributed by atoms with van der Waals surface area (Å²) in [6.07, 6.45) is -2.85. The minimum absolute atomic E-state index is 0.158. The van der Waals surface area contributed by atoms with Crippen LogP contribution in [0.1, 0.15) is 41.2 Å². The normalized spacial score (nSPS) is 20.1. The number of halogens is 4. The molecule has 128 valence electrons. The second-order valence-electron chi connectivity index (χ2n) is 6.58. The van der Waals surface area contributed by atoms with Gasteiger partial charge in [0.25, 0.3) is 0 Å². The number of nitrogens with zero attached hydrogens (tertiary/aromatic N) is 3. The van der Waals surface area contributed by atoms with E-state index in [2.05, 4.69) is 26.0 Å². The van der Waals surface area contributed by atoms with E-state index in [0.717, 1.165) is 6.07 Å². The van der Waals surface area contributed by atoms with Crippen molar-refractivity contribution in [2.24, 2.45) is 5.41 Å². The Morgan fingerprint density at radius 2 is 2.04 bits per heavy atom. The summed E-state index contributed by atoms with van der Waals surface area (Å²) in [6, 6.07) is 2.20. The number of hydrogen-bond donors (Lipinski definition) is 0. The van der Waals surface area contributed by atoms with E-state index in [9.17, 15) is 18.0 Å². The van der Waals surface area contributed by atoms with E-state index in [1.54, 1.807) is 6.92 Å². The molecule has 2 heterocycles. The molecule has 0 aliphatic heterocycles. The van der Waals surface area contributed by atoms with Gasteiger partial charge in [-0.25, -0.2) is 9.67 Å². The molecule has 0 saturated carbocycles. The lowest BCUT2D eigenvalue weighted by atomic mass is 9.75. The minimum Gasteiger partial charge on any atom is -0.293 e. The van der Waals surface area contributed by atoms with E-state index in [0.29, 0.717) is 23.4 Å². The first-order valence-corrected chi connectivity index (χ1v) is 8.25. The van der Waals surface area contributed by atoms with Crippen molar-refractivity contribution in [3.05, 3.63) is 40.8 Å². The molecule has 0 radical (unpaired) electrons. The van der Waals surface area contributed by atoms with Crippen LogP contribution in [0.3, 0.4) is 0 Å². The zero-order valence-electron chi connectivity index (χ0n) is 13.3. The number of pyridine rings is 1. The number of carbonyl (C=O) groups excluding carboxylic acids is 1. The van der Waals surface area contributed by atoms with E-state index in [4.69, 9.17) is 0 Å². The second kappa shape index (κ2) is 5.40. The van der Waals surface area contributed by atoms with Crippen LogP contribution in [0, 0.1) is 12.3 Å². The SMILES string of the molecule is Cc1nn(-c2ncccc2C(F)(F)F)c2c1C(=O)C(Br)C(C)(C)C2. The standard InChI is InChI=1S/C16H15BrF3N3O/c1-8-11-10(7-15(2,3)13(17)12(11)24)23(22-8)14-9(16(18,19)20)5-4-6-21-14/h4-6,13H,7H2,1-3H3. The number of fused-ring (bicyclic) bond motifs is 1. The largest absolute Gasteiger partial charge is 0.420 e. The van der Waals surface area contributed by atoms with Gasteiger partial charge in [-0.15, -0.1) is 0 Å². The van der Waals surface area contributed by atoms with Gasteiger partial charge in [0, 0.05) is 6.20 Å². The van der Waals surface area contributed by atoms with Crippen molar-refractivity contribution in [1.82, 2.24) is 14.8 Å². The molecule has 24 heavy (non-hydrogen) atoms. The van der Waals surface area contributed by atoms with Crippen LogP contribution in [0.25, 0.3) is 5.82 Å². The van der Waals surface area contributed by atoms with Gasteiger partial charge in [-0.05, 0) is 30.9 Å². The number of carbonyl (C=O) groups is 1. The molecule has 0 saturated heterocycles. The fourth-order valence-electron chi connectivity index (χ4n) is 3.02. The van der Waals surface area contributed by atoms with Crippen molar-refractivity contribution in [3.8, 4) is 5.82 Å². The average Bonchev–Trinajstić information content (AvgIpc) is 2.80. The predicted octanol–water partition coefficient (Wildman–Crippen LogP) is 4.12. The summed E-state index contributed by atoms with van der Waals surface area (Å²) in [4.78, 5) is 16.1. The molecule has 0 bridgehead atoms. The summed E-state index contributed by atoms with van der Waals surface area (Å²) in [5.41, 5.74) is -0.0470. The Labute approximate surface area is 145 Å². The molecule has 3 rings (SSSR count). The Hall–Kier alpha value is -1.70. The molecule has 0 N–H and O–H groups in total. The molecule has 0 fully saturated rings. The number of ketones is 1. The monoisotopic (exact) mass is 401 g/mol. The highest BCUT2D eigenvalue weighted by atomic mass is 79.9. The van der Waals surface area contributed by atoms with Crippen molar-refractivity contribution in [2.45, 2.75) is 38.2 Å². The molecule has 1 unspecified atom stereocenters. The number of aryl methyl sites for hydroxylation is 1. The first-order chi connectivity index (χ1) is 11.0. The second-order valence-corrected chi connectivity index (χ2v) is 7.50. The highest BCUT2D eigenvalue weighted by Crippen LogP contribution is 2.42. The number of hydrogen-bond acceptors (Lipinski definition) is 3. The maximum absolute atomic E-state index is 13.3. The summed E-state index contributed by atoms with van der Waals surface area (Å²) >= 11 is 3.41. The highest BCUT2D eigenvalue weighted by molar-refractivity contribution is 9.10. The van der Waals surface area contributed by atoms with Crippen molar-refractivity contribution in [3.63, 3.8) is 0 Å². The molecular formula is C16H15BrF3N3O. The maximum atomic E-state index is 13.3. The van der Waals surface area contributed by atoms with Gasteiger partial charge in [0.2, 0.25) is 0 Å². The Kier molecular flexibility index (Phi) is 3.86. The van der Waals surface area contributed by atoms with Crippen molar-refractivity contribution < 1.29 is 18.0 Å². The van der Waals surface area contributed by atoms with Crippen LogP contribution >= 0.6 is 15.9 Å². The van der Waals surface area contributed by atoms with E-state index in [-0.39, 0.29) is 11.6 Å². The zero-order valence-corrected chi connectivity index (χ0v) is 14.9. The highest BCUT2D eigenvalue weighted by Gasteiger charge is 2.44. The molecule has 2 aromatic rings. The van der Waals surface area contributed by atoms with Crippen molar-refractivity contribution in [1.29, 1.82) is 0 Å². The van der Waals surface area contributed by atoms with E-state index in [1.165, 1.54) is 16.9 Å². The predicted molar refractivity (Wildman–Crippen MR) is 85.6 cm³/mol. The van der Waals surface area contributed by atoms with Crippen molar-refractivity contribution >= 4 is 21.7 Å². The van der Waals surface area contributed by atoms with Crippen molar-refractivity contribution in [2.75, 3.05) is 0 Å². The third-order valence-corrected chi connectivity index (χ3v) is 5.89. The molecule has 4 nitrogen and oxygen atoms in total. The van der Waals surface area contributed by atoms with Crippen LogP contribution in [0.15, 0.2) is 18.3 Å². The number of aromatic nitrogens is 3. The van der Waals surface area contributed by atoms with E-state index < -0.39 is 22.0 Å². The molecule has 1 aliphatic carbocycles. The molecule has 2 aromatic heterocycles. The summed E-state index contributed by atoms with van der Waals surface area (Å²) in [5.74, 6) is -0.458. The minimum atomic E-state index is -4.55. The maximum Gasteiger partial charge on any atom is 0.420 e. The average molecular weight is 402 g/mol. The lowest BCUT2D eigenvalue weighted by molar-refractivity contribution is -0.137. The van der Waals surface area contributed by atoms with Gasteiger partial charge >= 0.3 is 6.18 Å². The number of rotatable bonds is 1. The van der Waals surface area contributed by atoms with Gasteiger partial charge in [-0.3, -0.25) is 4.79 Å². The van der Waals surface area contributed by atoms with Gasteiger partial charge < -0.3 is 0 Å². The third kappa shape index (κ3) is 2.56. The topological polar surface area (TPSA) is 47.8 Å². The number of alkyl halides is 4. The lowest BCUT2D eigenvalue weighted by Crippen LogP contribution is -2.39. The van der Waals surface area contributed by atoms with Crippen LogP contribution < -0.4 is 0 Å². The zero-order chi connectivity index (χ0) is 17.9. The Bertz CT molecular complexity index is 826. The van der Waals surface area contributed by atoms with Crippen LogP contribution in [0.5, 0.6) is 0 Å². The summed E-state index contributed by atoms with van der Waals surface area (Å²) in [6.45, 7) is 5.41. The quantitative estimate of drug-likeness (QED) is 0.675. The molecule has 8 heteroatoms. The molecular weight excluding hydrogens is 387 g/mol. The van der Waals surface area contributed by atoms with Crippen LogP contribution in [-0.2, 0) is 12.6 Å². The van der Waals surface area contributed by atoms with Gasteiger partial charge in [0.1, 0.15) is 5.56 Å².